The first kappa shape index (κ1) is 15.3. The van der Waals surface area contributed by atoms with Gasteiger partial charge in [-0.3, -0.25) is 4.79 Å². The number of benzene rings is 2. The van der Waals surface area contributed by atoms with Crippen LogP contribution in [0.2, 0.25) is 0 Å². The van der Waals surface area contributed by atoms with Crippen LogP contribution in [0.5, 0.6) is 0 Å². The van der Waals surface area contributed by atoms with E-state index in [1.807, 2.05) is 44.2 Å². The summed E-state index contributed by atoms with van der Waals surface area (Å²) >= 11 is 0. The van der Waals surface area contributed by atoms with Crippen molar-refractivity contribution in [1.29, 1.82) is 0 Å². The molecule has 0 heterocycles. The van der Waals surface area contributed by atoms with Gasteiger partial charge < -0.3 is 11.1 Å². The summed E-state index contributed by atoms with van der Waals surface area (Å²) in [4.78, 5) is 12.2. The molecule has 3 N–H and O–H groups in total. The monoisotopic (exact) mass is 282 g/mol. The predicted octanol–water partition coefficient (Wildman–Crippen LogP) is 2.71. The average Bonchev–Trinajstić information content (AvgIpc) is 2.53. The zero-order chi connectivity index (χ0) is 15.3. The lowest BCUT2D eigenvalue weighted by Crippen LogP contribution is -2.42. The fourth-order valence-electron chi connectivity index (χ4n) is 2.25. The van der Waals surface area contributed by atoms with Crippen molar-refractivity contribution >= 4 is 5.91 Å². The molecule has 3 nitrogen and oxygen atoms in total. The summed E-state index contributed by atoms with van der Waals surface area (Å²) in [5.41, 5.74) is 8.19. The van der Waals surface area contributed by atoms with Gasteiger partial charge in [0.1, 0.15) is 0 Å². The number of rotatable bonds is 5. The number of carbonyl (C=O) groups is 1. The van der Waals surface area contributed by atoms with Crippen molar-refractivity contribution in [2.45, 2.75) is 19.3 Å². The number of carbonyl (C=O) groups excluding carboxylic acids is 1. The van der Waals surface area contributed by atoms with E-state index in [0.29, 0.717) is 13.1 Å². The van der Waals surface area contributed by atoms with Gasteiger partial charge in [0.2, 0.25) is 5.91 Å². The van der Waals surface area contributed by atoms with E-state index in [1.165, 1.54) is 5.56 Å². The van der Waals surface area contributed by atoms with Crippen LogP contribution in [0, 0.1) is 0 Å². The largest absolute Gasteiger partial charge is 0.354 e. The number of nitrogens with one attached hydrogen (secondary N) is 1. The zero-order valence-corrected chi connectivity index (χ0v) is 12.6. The minimum atomic E-state index is -0.565. The minimum absolute atomic E-state index is 0.000381. The van der Waals surface area contributed by atoms with Crippen molar-refractivity contribution in [3.8, 4) is 11.1 Å². The molecule has 3 heteroatoms. The lowest BCUT2D eigenvalue weighted by molar-refractivity contribution is -0.125. The van der Waals surface area contributed by atoms with E-state index in [4.69, 9.17) is 5.73 Å². The highest BCUT2D eigenvalue weighted by Gasteiger charge is 2.29. The third kappa shape index (κ3) is 3.50. The Balaban J connectivity index is 2.20. The second kappa shape index (κ2) is 6.55. The van der Waals surface area contributed by atoms with Gasteiger partial charge in [-0.2, -0.15) is 0 Å². The van der Waals surface area contributed by atoms with Crippen molar-refractivity contribution in [3.05, 3.63) is 60.2 Å². The van der Waals surface area contributed by atoms with Crippen molar-refractivity contribution in [2.24, 2.45) is 5.73 Å². The molecule has 0 radical (unpaired) electrons. The Kier molecular flexibility index (Phi) is 4.76. The Morgan fingerprint density at radius 2 is 1.57 bits per heavy atom. The maximum absolute atomic E-state index is 12.2. The van der Waals surface area contributed by atoms with Gasteiger partial charge in [0.05, 0.1) is 5.41 Å². The standard InChI is InChI=1S/C18H22N2O/c1-18(2,17(21)20-13-12-19)16-10-8-15(9-11-16)14-6-4-3-5-7-14/h3-11H,12-13,19H2,1-2H3,(H,20,21). The maximum Gasteiger partial charge on any atom is 0.230 e. The molecule has 2 rings (SSSR count). The van der Waals surface area contributed by atoms with Crippen molar-refractivity contribution < 1.29 is 4.79 Å². The molecule has 2 aromatic rings. The van der Waals surface area contributed by atoms with Gasteiger partial charge in [-0.15, -0.1) is 0 Å². The molecule has 0 aliphatic heterocycles. The highest BCUT2D eigenvalue weighted by molar-refractivity contribution is 5.87. The molecule has 0 unspecified atom stereocenters. The van der Waals surface area contributed by atoms with Crippen LogP contribution in [0.15, 0.2) is 54.6 Å². The van der Waals surface area contributed by atoms with Crippen LogP contribution in [0.3, 0.4) is 0 Å². The van der Waals surface area contributed by atoms with E-state index in [2.05, 4.69) is 29.6 Å². The summed E-state index contributed by atoms with van der Waals surface area (Å²) in [6, 6.07) is 18.4. The Hall–Kier alpha value is -2.13. The highest BCUT2D eigenvalue weighted by Crippen LogP contribution is 2.26. The number of hydrogen-bond acceptors (Lipinski definition) is 2. The topological polar surface area (TPSA) is 55.1 Å². The third-order valence-electron chi connectivity index (χ3n) is 3.71. The van der Waals surface area contributed by atoms with E-state index in [0.717, 1.165) is 11.1 Å². The number of nitrogens with two attached hydrogens (primary N) is 1. The first-order valence-corrected chi connectivity index (χ1v) is 7.20. The van der Waals surface area contributed by atoms with Crippen LogP contribution in [0.1, 0.15) is 19.4 Å². The van der Waals surface area contributed by atoms with Crippen LogP contribution in [0.4, 0.5) is 0 Å². The fraction of sp³-hybridized carbons (Fsp3) is 0.278. The van der Waals surface area contributed by atoms with Gasteiger partial charge in [-0.05, 0) is 30.5 Å². The molecule has 110 valence electrons. The molecule has 0 saturated carbocycles. The summed E-state index contributed by atoms with van der Waals surface area (Å²) in [5, 5.41) is 2.85. The van der Waals surface area contributed by atoms with E-state index < -0.39 is 5.41 Å². The van der Waals surface area contributed by atoms with Gasteiger partial charge >= 0.3 is 0 Å². The molecule has 0 aliphatic rings. The van der Waals surface area contributed by atoms with Crippen LogP contribution in [-0.2, 0) is 10.2 Å². The van der Waals surface area contributed by atoms with Crippen LogP contribution in [0.25, 0.3) is 11.1 Å². The number of amides is 1. The molecule has 0 saturated heterocycles. The Bertz CT molecular complexity index is 588. The van der Waals surface area contributed by atoms with Gasteiger partial charge in [-0.1, -0.05) is 54.6 Å². The molecule has 0 fully saturated rings. The first-order chi connectivity index (χ1) is 10.1. The van der Waals surface area contributed by atoms with Gasteiger partial charge in [0, 0.05) is 13.1 Å². The SMILES string of the molecule is CC(C)(C(=O)NCCN)c1ccc(-c2ccccc2)cc1. The molecular weight excluding hydrogens is 260 g/mol. The molecule has 0 bridgehead atoms. The highest BCUT2D eigenvalue weighted by atomic mass is 16.2. The van der Waals surface area contributed by atoms with E-state index >= 15 is 0 Å². The zero-order valence-electron chi connectivity index (χ0n) is 12.6. The molecule has 0 atom stereocenters. The quantitative estimate of drug-likeness (QED) is 0.886. The van der Waals surface area contributed by atoms with Crippen LogP contribution in [-0.4, -0.2) is 19.0 Å². The lowest BCUT2D eigenvalue weighted by Gasteiger charge is -2.24. The average molecular weight is 282 g/mol. The van der Waals surface area contributed by atoms with Crippen molar-refractivity contribution in [1.82, 2.24) is 5.32 Å². The number of hydrogen-bond donors (Lipinski definition) is 2. The second-order valence-corrected chi connectivity index (χ2v) is 5.61. The lowest BCUT2D eigenvalue weighted by atomic mass is 9.83. The minimum Gasteiger partial charge on any atom is -0.354 e. The Morgan fingerprint density at radius 3 is 2.14 bits per heavy atom. The van der Waals surface area contributed by atoms with Gasteiger partial charge in [-0.25, -0.2) is 0 Å². The normalized spacial score (nSPS) is 11.2. The van der Waals surface area contributed by atoms with Crippen LogP contribution >= 0.6 is 0 Å². The molecular formula is C18H22N2O. The smallest absolute Gasteiger partial charge is 0.230 e. The van der Waals surface area contributed by atoms with Crippen LogP contribution < -0.4 is 11.1 Å². The summed E-state index contributed by atoms with van der Waals surface area (Å²) in [6.07, 6.45) is 0. The summed E-state index contributed by atoms with van der Waals surface area (Å²) in [7, 11) is 0. The van der Waals surface area contributed by atoms with Gasteiger partial charge in [0.25, 0.3) is 0 Å². The maximum atomic E-state index is 12.2. The van der Waals surface area contributed by atoms with Gasteiger partial charge in [0.15, 0.2) is 0 Å². The Morgan fingerprint density at radius 1 is 1.00 bits per heavy atom. The molecule has 0 spiro atoms. The molecule has 0 aliphatic carbocycles. The summed E-state index contributed by atoms with van der Waals surface area (Å²) < 4.78 is 0. The van der Waals surface area contributed by atoms with Crippen molar-refractivity contribution in [2.75, 3.05) is 13.1 Å². The molecule has 1 amide bonds. The second-order valence-electron chi connectivity index (χ2n) is 5.61. The fourth-order valence-corrected chi connectivity index (χ4v) is 2.25. The van der Waals surface area contributed by atoms with E-state index in [1.54, 1.807) is 0 Å². The summed E-state index contributed by atoms with van der Waals surface area (Å²) in [5.74, 6) is 0.000381. The Labute approximate surface area is 126 Å². The summed E-state index contributed by atoms with van der Waals surface area (Å²) in [6.45, 7) is 4.81. The van der Waals surface area contributed by atoms with Crippen molar-refractivity contribution in [3.63, 3.8) is 0 Å². The molecule has 0 aromatic heterocycles. The third-order valence-corrected chi connectivity index (χ3v) is 3.71. The first-order valence-electron chi connectivity index (χ1n) is 7.20. The predicted molar refractivity (Wildman–Crippen MR) is 87.0 cm³/mol. The van der Waals surface area contributed by atoms with E-state index in [-0.39, 0.29) is 5.91 Å². The molecule has 2 aromatic carbocycles. The van der Waals surface area contributed by atoms with E-state index in [9.17, 15) is 4.79 Å². The molecule has 21 heavy (non-hydrogen) atoms.